The largest absolute Gasteiger partial charge is 0.484 e. The molecule has 0 bridgehead atoms. The normalized spacial score (nSPS) is 13.2. The highest BCUT2D eigenvalue weighted by molar-refractivity contribution is 6.30. The number of amides is 2. The van der Waals surface area contributed by atoms with E-state index < -0.39 is 0 Å². The maximum absolute atomic E-state index is 13.2. The second kappa shape index (κ2) is 12.3. The van der Waals surface area contributed by atoms with Gasteiger partial charge in [-0.3, -0.25) is 9.59 Å². The number of benzene rings is 3. The fourth-order valence-corrected chi connectivity index (χ4v) is 4.27. The molecule has 0 aromatic heterocycles. The van der Waals surface area contributed by atoms with Gasteiger partial charge in [0.05, 0.1) is 5.56 Å². The zero-order valence-electron chi connectivity index (χ0n) is 19.6. The van der Waals surface area contributed by atoms with E-state index in [1.54, 1.807) is 30.3 Å². The molecule has 3 aromatic rings. The van der Waals surface area contributed by atoms with Crippen LogP contribution in [0.5, 0.6) is 5.75 Å². The highest BCUT2D eigenvalue weighted by Gasteiger charge is 2.19. The fourth-order valence-electron chi connectivity index (χ4n) is 4.14. The molecule has 1 saturated heterocycles. The number of nitrogens with zero attached hydrogens (tertiary/aromatic N) is 1. The second-order valence-electron chi connectivity index (χ2n) is 8.56. The SMILES string of the molecule is O=C(COc1ccc(Cl)cc1)Nc1ccc(N2CCCCC2)c(C(=O)NCCc2ccccc2)c1. The van der Waals surface area contributed by atoms with E-state index in [9.17, 15) is 9.59 Å². The van der Waals surface area contributed by atoms with Crippen molar-refractivity contribution in [1.29, 1.82) is 0 Å². The van der Waals surface area contributed by atoms with Gasteiger partial charge >= 0.3 is 0 Å². The van der Waals surface area contributed by atoms with Crippen LogP contribution in [0.25, 0.3) is 0 Å². The molecule has 1 aliphatic rings. The van der Waals surface area contributed by atoms with Crippen LogP contribution in [0.4, 0.5) is 11.4 Å². The number of hydrogen-bond acceptors (Lipinski definition) is 4. The molecule has 0 atom stereocenters. The molecule has 182 valence electrons. The number of carbonyl (C=O) groups excluding carboxylic acids is 2. The number of piperidine rings is 1. The predicted octanol–water partition coefficient (Wildman–Crippen LogP) is 5.32. The van der Waals surface area contributed by atoms with Gasteiger partial charge in [-0.1, -0.05) is 41.9 Å². The van der Waals surface area contributed by atoms with Gasteiger partial charge in [-0.25, -0.2) is 0 Å². The summed E-state index contributed by atoms with van der Waals surface area (Å²) in [5.41, 5.74) is 3.20. The van der Waals surface area contributed by atoms with E-state index in [1.807, 2.05) is 42.5 Å². The molecule has 0 spiro atoms. The molecule has 0 aliphatic carbocycles. The van der Waals surface area contributed by atoms with Crippen molar-refractivity contribution in [3.8, 4) is 5.75 Å². The number of halogens is 1. The summed E-state index contributed by atoms with van der Waals surface area (Å²) in [5, 5.41) is 6.49. The summed E-state index contributed by atoms with van der Waals surface area (Å²) >= 11 is 5.88. The van der Waals surface area contributed by atoms with Crippen LogP contribution in [-0.4, -0.2) is 38.1 Å². The molecule has 0 radical (unpaired) electrons. The molecule has 2 N–H and O–H groups in total. The van der Waals surface area contributed by atoms with Crippen molar-refractivity contribution >= 4 is 34.8 Å². The van der Waals surface area contributed by atoms with E-state index in [2.05, 4.69) is 15.5 Å². The Bertz CT molecular complexity index is 1130. The third kappa shape index (κ3) is 7.23. The number of anilines is 2. The van der Waals surface area contributed by atoms with E-state index in [0.29, 0.717) is 28.6 Å². The summed E-state index contributed by atoms with van der Waals surface area (Å²) in [5.74, 6) is 0.111. The van der Waals surface area contributed by atoms with Crippen LogP contribution < -0.4 is 20.3 Å². The Morgan fingerprint density at radius 1 is 0.914 bits per heavy atom. The fraction of sp³-hybridized carbons (Fsp3) is 0.286. The lowest BCUT2D eigenvalue weighted by Crippen LogP contribution is -2.33. The minimum Gasteiger partial charge on any atom is -0.484 e. The number of nitrogens with one attached hydrogen (secondary N) is 2. The molecule has 1 aliphatic heterocycles. The lowest BCUT2D eigenvalue weighted by Gasteiger charge is -2.30. The molecule has 1 fully saturated rings. The van der Waals surface area contributed by atoms with Crippen molar-refractivity contribution in [3.05, 3.63) is 88.9 Å². The van der Waals surface area contributed by atoms with Gasteiger partial charge in [-0.05, 0) is 73.7 Å². The zero-order chi connectivity index (χ0) is 24.5. The number of rotatable bonds is 9. The first kappa shape index (κ1) is 24.6. The molecular weight excluding hydrogens is 462 g/mol. The summed E-state index contributed by atoms with van der Waals surface area (Å²) in [6, 6.07) is 22.4. The summed E-state index contributed by atoms with van der Waals surface area (Å²) in [4.78, 5) is 27.9. The summed E-state index contributed by atoms with van der Waals surface area (Å²) in [7, 11) is 0. The first-order valence-electron chi connectivity index (χ1n) is 12.0. The third-order valence-electron chi connectivity index (χ3n) is 5.95. The van der Waals surface area contributed by atoms with Crippen molar-refractivity contribution < 1.29 is 14.3 Å². The van der Waals surface area contributed by atoms with Crippen LogP contribution in [0.3, 0.4) is 0 Å². The number of hydrogen-bond donors (Lipinski definition) is 2. The zero-order valence-corrected chi connectivity index (χ0v) is 20.4. The van der Waals surface area contributed by atoms with Gasteiger partial charge in [0, 0.05) is 36.0 Å². The Morgan fingerprint density at radius 3 is 2.40 bits per heavy atom. The van der Waals surface area contributed by atoms with E-state index in [1.165, 1.54) is 12.0 Å². The Kier molecular flexibility index (Phi) is 8.63. The van der Waals surface area contributed by atoms with Gasteiger partial charge in [0.1, 0.15) is 5.75 Å². The Hall–Kier alpha value is -3.51. The Labute approximate surface area is 211 Å². The highest BCUT2D eigenvalue weighted by Crippen LogP contribution is 2.27. The maximum Gasteiger partial charge on any atom is 0.262 e. The molecule has 1 heterocycles. The van der Waals surface area contributed by atoms with Crippen molar-refractivity contribution in [2.75, 3.05) is 36.5 Å². The van der Waals surface area contributed by atoms with Crippen LogP contribution in [0.15, 0.2) is 72.8 Å². The molecule has 3 aromatic carbocycles. The lowest BCUT2D eigenvalue weighted by molar-refractivity contribution is -0.118. The Balaban J connectivity index is 1.42. The number of carbonyl (C=O) groups is 2. The van der Waals surface area contributed by atoms with Crippen molar-refractivity contribution in [3.63, 3.8) is 0 Å². The molecule has 35 heavy (non-hydrogen) atoms. The topological polar surface area (TPSA) is 70.7 Å². The molecule has 0 unspecified atom stereocenters. The standard InChI is InChI=1S/C28H30ClN3O3/c29-22-9-12-24(13-10-22)35-20-27(33)31-23-11-14-26(32-17-5-2-6-18-32)25(19-23)28(34)30-16-15-21-7-3-1-4-8-21/h1,3-4,7-14,19H,2,5-6,15-18,20H2,(H,30,34)(H,31,33). The van der Waals surface area contributed by atoms with Crippen LogP contribution in [-0.2, 0) is 11.2 Å². The summed E-state index contributed by atoms with van der Waals surface area (Å²) < 4.78 is 5.53. The van der Waals surface area contributed by atoms with Crippen LogP contribution in [0.2, 0.25) is 5.02 Å². The maximum atomic E-state index is 13.2. The minimum atomic E-state index is -0.305. The van der Waals surface area contributed by atoms with Crippen molar-refractivity contribution in [2.45, 2.75) is 25.7 Å². The average Bonchev–Trinajstić information content (AvgIpc) is 2.89. The van der Waals surface area contributed by atoms with Gasteiger partial charge in [-0.2, -0.15) is 0 Å². The number of ether oxygens (including phenoxy) is 1. The van der Waals surface area contributed by atoms with E-state index in [0.717, 1.165) is 38.0 Å². The molecule has 2 amide bonds. The highest BCUT2D eigenvalue weighted by atomic mass is 35.5. The average molecular weight is 492 g/mol. The van der Waals surface area contributed by atoms with Crippen LogP contribution in [0.1, 0.15) is 35.2 Å². The van der Waals surface area contributed by atoms with E-state index >= 15 is 0 Å². The predicted molar refractivity (Wildman–Crippen MR) is 141 cm³/mol. The van der Waals surface area contributed by atoms with Crippen LogP contribution >= 0.6 is 11.6 Å². The quantitative estimate of drug-likeness (QED) is 0.425. The van der Waals surface area contributed by atoms with Gasteiger partial charge in [0.2, 0.25) is 0 Å². The first-order chi connectivity index (χ1) is 17.1. The van der Waals surface area contributed by atoms with Crippen molar-refractivity contribution in [1.82, 2.24) is 5.32 Å². The molecule has 7 heteroatoms. The van der Waals surface area contributed by atoms with E-state index in [4.69, 9.17) is 16.3 Å². The van der Waals surface area contributed by atoms with Crippen LogP contribution in [0, 0.1) is 0 Å². The smallest absolute Gasteiger partial charge is 0.262 e. The summed E-state index contributed by atoms with van der Waals surface area (Å²) in [6.07, 6.45) is 4.17. The van der Waals surface area contributed by atoms with E-state index in [-0.39, 0.29) is 18.4 Å². The molecular formula is C28H30ClN3O3. The van der Waals surface area contributed by atoms with Gasteiger partial charge < -0.3 is 20.3 Å². The summed E-state index contributed by atoms with van der Waals surface area (Å²) in [6.45, 7) is 2.23. The second-order valence-corrected chi connectivity index (χ2v) is 9.00. The Morgan fingerprint density at radius 2 is 1.66 bits per heavy atom. The monoisotopic (exact) mass is 491 g/mol. The first-order valence-corrected chi connectivity index (χ1v) is 12.4. The van der Waals surface area contributed by atoms with Crippen molar-refractivity contribution in [2.24, 2.45) is 0 Å². The third-order valence-corrected chi connectivity index (χ3v) is 6.20. The lowest BCUT2D eigenvalue weighted by atomic mass is 10.1. The molecule has 6 nitrogen and oxygen atoms in total. The van der Waals surface area contributed by atoms with Gasteiger partial charge in [0.25, 0.3) is 11.8 Å². The molecule has 4 rings (SSSR count). The minimum absolute atomic E-state index is 0.144. The van der Waals surface area contributed by atoms with Gasteiger partial charge in [0.15, 0.2) is 6.61 Å². The van der Waals surface area contributed by atoms with Gasteiger partial charge in [-0.15, -0.1) is 0 Å². The molecule has 0 saturated carbocycles.